The van der Waals surface area contributed by atoms with E-state index in [4.69, 9.17) is 11.5 Å². The first kappa shape index (κ1) is 10.9. The number of primary amides is 1. The van der Waals surface area contributed by atoms with E-state index in [-0.39, 0.29) is 11.9 Å². The molecule has 1 unspecified atom stereocenters. The van der Waals surface area contributed by atoms with Crippen molar-refractivity contribution in [2.24, 2.45) is 11.5 Å². The Morgan fingerprint density at radius 1 is 1.62 bits per heavy atom. The minimum atomic E-state index is -0.280. The predicted molar refractivity (Wildman–Crippen MR) is 61.7 cm³/mol. The number of carbonyl (C=O) groups is 1. The van der Waals surface area contributed by atoms with Crippen LogP contribution < -0.4 is 16.4 Å². The molecule has 1 aliphatic rings. The Kier molecular flexibility index (Phi) is 3.05. The molecule has 0 saturated carbocycles. The first-order valence-corrected chi connectivity index (χ1v) is 5.43. The van der Waals surface area contributed by atoms with Crippen LogP contribution in [0.5, 0.6) is 0 Å². The fraction of sp³-hybridized carbons (Fsp3) is 0.455. The van der Waals surface area contributed by atoms with Crippen molar-refractivity contribution in [2.45, 2.75) is 25.4 Å². The summed E-state index contributed by atoms with van der Waals surface area (Å²) in [5.41, 5.74) is 12.0. The molecule has 16 heavy (non-hydrogen) atoms. The molecule has 0 aromatic carbocycles. The number of pyridine rings is 1. The minimum Gasteiger partial charge on any atom is -0.368 e. The molecule has 1 aromatic rings. The Labute approximate surface area is 94.4 Å². The summed E-state index contributed by atoms with van der Waals surface area (Å²) in [7, 11) is 0. The van der Waals surface area contributed by atoms with Crippen molar-refractivity contribution < 1.29 is 4.79 Å². The molecule has 0 radical (unpaired) electrons. The van der Waals surface area contributed by atoms with E-state index < -0.39 is 0 Å². The number of anilines is 1. The highest BCUT2D eigenvalue weighted by atomic mass is 16.1. The van der Waals surface area contributed by atoms with Crippen LogP contribution in [0.4, 0.5) is 5.82 Å². The van der Waals surface area contributed by atoms with Gasteiger partial charge in [0.25, 0.3) is 0 Å². The summed E-state index contributed by atoms with van der Waals surface area (Å²) in [4.78, 5) is 17.5. The maximum Gasteiger partial charge on any atom is 0.240 e. The molecule has 1 saturated heterocycles. The lowest BCUT2D eigenvalue weighted by Crippen LogP contribution is -2.40. The van der Waals surface area contributed by atoms with Crippen molar-refractivity contribution in [1.29, 1.82) is 0 Å². The van der Waals surface area contributed by atoms with E-state index in [9.17, 15) is 4.79 Å². The van der Waals surface area contributed by atoms with Crippen LogP contribution in [0, 0.1) is 0 Å². The second-order valence-electron chi connectivity index (χ2n) is 3.98. The lowest BCUT2D eigenvalue weighted by atomic mass is 10.2. The van der Waals surface area contributed by atoms with Gasteiger partial charge in [-0.15, -0.1) is 0 Å². The zero-order valence-electron chi connectivity index (χ0n) is 9.10. The maximum absolute atomic E-state index is 11.3. The average Bonchev–Trinajstić information content (AvgIpc) is 2.78. The zero-order valence-corrected chi connectivity index (χ0v) is 9.10. The summed E-state index contributed by atoms with van der Waals surface area (Å²) < 4.78 is 0. The fourth-order valence-corrected chi connectivity index (χ4v) is 2.08. The normalized spacial score (nSPS) is 20.1. The summed E-state index contributed by atoms with van der Waals surface area (Å²) in [6.45, 7) is 1.30. The van der Waals surface area contributed by atoms with E-state index in [0.29, 0.717) is 6.54 Å². The Hall–Kier alpha value is -1.62. The van der Waals surface area contributed by atoms with Gasteiger partial charge in [-0.05, 0) is 30.5 Å². The Morgan fingerprint density at radius 2 is 2.44 bits per heavy atom. The molecule has 1 aromatic heterocycles. The van der Waals surface area contributed by atoms with E-state index in [1.807, 2.05) is 17.0 Å². The Balaban J connectivity index is 2.25. The lowest BCUT2D eigenvalue weighted by molar-refractivity contribution is -0.119. The molecular weight excluding hydrogens is 204 g/mol. The van der Waals surface area contributed by atoms with E-state index in [2.05, 4.69) is 4.98 Å². The number of hydrogen-bond donors (Lipinski definition) is 2. The van der Waals surface area contributed by atoms with Crippen LogP contribution in [-0.2, 0) is 11.3 Å². The van der Waals surface area contributed by atoms with Crippen molar-refractivity contribution in [3.05, 3.63) is 23.9 Å². The van der Waals surface area contributed by atoms with Gasteiger partial charge in [0.1, 0.15) is 11.9 Å². The van der Waals surface area contributed by atoms with Crippen molar-refractivity contribution in [3.8, 4) is 0 Å². The number of carbonyl (C=O) groups excluding carboxylic acids is 1. The van der Waals surface area contributed by atoms with Crippen LogP contribution in [0.2, 0.25) is 0 Å². The van der Waals surface area contributed by atoms with Crippen molar-refractivity contribution in [2.75, 3.05) is 11.4 Å². The van der Waals surface area contributed by atoms with Gasteiger partial charge in [0.15, 0.2) is 0 Å². The zero-order chi connectivity index (χ0) is 11.5. The molecule has 0 aliphatic carbocycles. The molecule has 1 fully saturated rings. The van der Waals surface area contributed by atoms with Crippen LogP contribution in [-0.4, -0.2) is 23.5 Å². The lowest BCUT2D eigenvalue weighted by Gasteiger charge is -2.23. The molecule has 0 spiro atoms. The third-order valence-corrected chi connectivity index (χ3v) is 2.92. The van der Waals surface area contributed by atoms with E-state index in [1.165, 1.54) is 0 Å². The van der Waals surface area contributed by atoms with Gasteiger partial charge < -0.3 is 16.4 Å². The van der Waals surface area contributed by atoms with Crippen molar-refractivity contribution in [1.82, 2.24) is 4.98 Å². The molecule has 2 heterocycles. The Bertz CT molecular complexity index is 393. The molecule has 1 atom stereocenters. The molecular formula is C11H16N4O. The van der Waals surface area contributed by atoms with Gasteiger partial charge >= 0.3 is 0 Å². The van der Waals surface area contributed by atoms with Gasteiger partial charge in [-0.25, -0.2) is 4.98 Å². The molecule has 5 heteroatoms. The van der Waals surface area contributed by atoms with Gasteiger partial charge in [0.2, 0.25) is 5.91 Å². The first-order valence-electron chi connectivity index (χ1n) is 5.43. The van der Waals surface area contributed by atoms with Gasteiger partial charge in [-0.1, -0.05) is 0 Å². The second-order valence-corrected chi connectivity index (χ2v) is 3.98. The quantitative estimate of drug-likeness (QED) is 0.750. The number of rotatable bonds is 3. The van der Waals surface area contributed by atoms with Gasteiger partial charge in [-0.2, -0.15) is 0 Å². The molecule has 4 N–H and O–H groups in total. The number of hydrogen-bond acceptors (Lipinski definition) is 4. The van der Waals surface area contributed by atoms with Crippen LogP contribution >= 0.6 is 0 Å². The van der Waals surface area contributed by atoms with Crippen molar-refractivity contribution in [3.63, 3.8) is 0 Å². The third-order valence-electron chi connectivity index (χ3n) is 2.92. The molecule has 5 nitrogen and oxygen atoms in total. The van der Waals surface area contributed by atoms with Crippen molar-refractivity contribution >= 4 is 11.7 Å². The minimum absolute atomic E-state index is 0.222. The van der Waals surface area contributed by atoms with Crippen LogP contribution in [0.3, 0.4) is 0 Å². The topological polar surface area (TPSA) is 85.2 Å². The predicted octanol–water partition coefficient (Wildman–Crippen LogP) is -0.00560. The summed E-state index contributed by atoms with van der Waals surface area (Å²) in [5, 5.41) is 0. The largest absolute Gasteiger partial charge is 0.368 e. The number of amides is 1. The molecule has 1 amide bonds. The molecule has 0 bridgehead atoms. The third kappa shape index (κ3) is 1.99. The standard InChI is InChI=1S/C11H16N4O/c12-7-8-3-4-14-10(6-8)15-5-1-2-9(15)11(13)16/h3-4,6,9H,1-2,5,7,12H2,(H2,13,16). The van der Waals surface area contributed by atoms with E-state index in [1.54, 1.807) is 6.20 Å². The highest BCUT2D eigenvalue weighted by molar-refractivity contribution is 5.83. The summed E-state index contributed by atoms with van der Waals surface area (Å²) in [6, 6.07) is 3.57. The summed E-state index contributed by atoms with van der Waals surface area (Å²) in [6.07, 6.45) is 3.50. The molecule has 2 rings (SSSR count). The monoisotopic (exact) mass is 220 g/mol. The van der Waals surface area contributed by atoms with E-state index in [0.717, 1.165) is 30.8 Å². The summed E-state index contributed by atoms with van der Waals surface area (Å²) in [5.74, 6) is 0.515. The SMILES string of the molecule is NCc1ccnc(N2CCCC2C(N)=O)c1. The molecule has 86 valence electrons. The van der Waals surface area contributed by atoms with Gasteiger partial charge in [0.05, 0.1) is 0 Å². The average molecular weight is 220 g/mol. The van der Waals surface area contributed by atoms with Gasteiger partial charge in [-0.3, -0.25) is 4.79 Å². The van der Waals surface area contributed by atoms with E-state index >= 15 is 0 Å². The highest BCUT2D eigenvalue weighted by Crippen LogP contribution is 2.23. The fourth-order valence-electron chi connectivity index (χ4n) is 2.08. The number of aromatic nitrogens is 1. The van der Waals surface area contributed by atoms with Crippen LogP contribution in [0.25, 0.3) is 0 Å². The highest BCUT2D eigenvalue weighted by Gasteiger charge is 2.29. The van der Waals surface area contributed by atoms with Crippen LogP contribution in [0.15, 0.2) is 18.3 Å². The number of nitrogens with zero attached hydrogens (tertiary/aromatic N) is 2. The van der Waals surface area contributed by atoms with Gasteiger partial charge in [0, 0.05) is 19.3 Å². The smallest absolute Gasteiger partial charge is 0.240 e. The first-order chi connectivity index (χ1) is 7.72. The molecule has 1 aliphatic heterocycles. The maximum atomic E-state index is 11.3. The second kappa shape index (κ2) is 4.49. The van der Waals surface area contributed by atoms with Crippen LogP contribution in [0.1, 0.15) is 18.4 Å². The summed E-state index contributed by atoms with van der Waals surface area (Å²) >= 11 is 0. The number of nitrogens with two attached hydrogens (primary N) is 2. The Morgan fingerprint density at radius 3 is 3.12 bits per heavy atom.